The molecule has 0 atom stereocenters. The normalized spacial score (nSPS) is 11.6. The van der Waals surface area contributed by atoms with Crippen LogP contribution in [-0.2, 0) is 12.7 Å². The number of aromatic nitrogens is 3. The van der Waals surface area contributed by atoms with Crippen LogP contribution in [0.15, 0.2) is 30.5 Å². The van der Waals surface area contributed by atoms with E-state index in [2.05, 4.69) is 15.4 Å². The van der Waals surface area contributed by atoms with Crippen molar-refractivity contribution >= 4 is 22.4 Å². The van der Waals surface area contributed by atoms with Crippen LogP contribution in [-0.4, -0.2) is 20.7 Å². The van der Waals surface area contributed by atoms with E-state index < -0.39 is 35.0 Å². The molecule has 11 heteroatoms. The second-order valence-corrected chi connectivity index (χ2v) is 6.34. The number of alkyl halides is 3. The van der Waals surface area contributed by atoms with Gasteiger partial charge in [0, 0.05) is 12.7 Å². The Morgan fingerprint density at radius 1 is 1.26 bits per heavy atom. The Labute approximate surface area is 153 Å². The SMILES string of the molecule is CCn1nc(C(F)(F)F)cc1-c1cnc(NC(=O)c2c(F)cccc2F)s1. The highest BCUT2D eigenvalue weighted by molar-refractivity contribution is 7.19. The molecule has 0 spiro atoms. The van der Waals surface area contributed by atoms with Crippen molar-refractivity contribution in [3.8, 4) is 10.6 Å². The third kappa shape index (κ3) is 3.82. The molecule has 1 amide bonds. The molecule has 0 aliphatic heterocycles. The summed E-state index contributed by atoms with van der Waals surface area (Å²) in [5.74, 6) is -3.13. The molecule has 0 fully saturated rings. The summed E-state index contributed by atoms with van der Waals surface area (Å²) >= 11 is 0.858. The standard InChI is InChI=1S/C16H11F5N4OS/c1-2-25-10(6-12(24-25)16(19,20)21)11-7-22-15(27-11)23-14(26)13-8(17)4-3-5-9(13)18/h3-7H,2H2,1H3,(H,22,23,26). The number of rotatable bonds is 4. The maximum absolute atomic E-state index is 13.7. The first-order valence-corrected chi connectivity index (χ1v) is 8.39. The van der Waals surface area contributed by atoms with E-state index in [1.165, 1.54) is 6.20 Å². The lowest BCUT2D eigenvalue weighted by molar-refractivity contribution is -0.141. The van der Waals surface area contributed by atoms with Gasteiger partial charge in [0.2, 0.25) is 0 Å². The summed E-state index contributed by atoms with van der Waals surface area (Å²) in [6.07, 6.45) is -3.35. The van der Waals surface area contributed by atoms with Gasteiger partial charge in [0.25, 0.3) is 5.91 Å². The van der Waals surface area contributed by atoms with Crippen LogP contribution in [0, 0.1) is 11.6 Å². The fourth-order valence-corrected chi connectivity index (χ4v) is 3.15. The van der Waals surface area contributed by atoms with Gasteiger partial charge in [0.1, 0.15) is 17.2 Å². The minimum Gasteiger partial charge on any atom is -0.298 e. The van der Waals surface area contributed by atoms with Gasteiger partial charge in [-0.2, -0.15) is 18.3 Å². The largest absolute Gasteiger partial charge is 0.435 e. The third-order valence-electron chi connectivity index (χ3n) is 3.54. The van der Waals surface area contributed by atoms with Crippen LogP contribution in [0.2, 0.25) is 0 Å². The number of aryl methyl sites for hydroxylation is 1. The van der Waals surface area contributed by atoms with E-state index in [4.69, 9.17) is 0 Å². The summed E-state index contributed by atoms with van der Waals surface area (Å²) in [7, 11) is 0. The van der Waals surface area contributed by atoms with Gasteiger partial charge in [0.05, 0.1) is 10.6 Å². The quantitative estimate of drug-likeness (QED) is 0.650. The molecule has 0 aliphatic rings. The van der Waals surface area contributed by atoms with Crippen LogP contribution in [0.5, 0.6) is 0 Å². The fraction of sp³-hybridized carbons (Fsp3) is 0.188. The number of nitrogens with zero attached hydrogens (tertiary/aromatic N) is 3. The molecule has 5 nitrogen and oxygen atoms in total. The van der Waals surface area contributed by atoms with Gasteiger partial charge in [-0.3, -0.25) is 14.8 Å². The molecule has 0 unspecified atom stereocenters. The predicted octanol–water partition coefficient (Wildman–Crippen LogP) is 4.58. The molecule has 3 rings (SSSR count). The lowest BCUT2D eigenvalue weighted by atomic mass is 10.2. The highest BCUT2D eigenvalue weighted by Gasteiger charge is 2.35. The average molecular weight is 402 g/mol. The molecule has 2 heterocycles. The summed E-state index contributed by atoms with van der Waals surface area (Å²) in [4.78, 5) is 16.3. The number of hydrogen-bond acceptors (Lipinski definition) is 4. The van der Waals surface area contributed by atoms with Crippen molar-refractivity contribution in [1.82, 2.24) is 14.8 Å². The second kappa shape index (κ2) is 7.06. The van der Waals surface area contributed by atoms with E-state index in [0.29, 0.717) is 4.88 Å². The van der Waals surface area contributed by atoms with Gasteiger partial charge in [-0.15, -0.1) is 0 Å². The fourth-order valence-electron chi connectivity index (χ4n) is 2.32. The van der Waals surface area contributed by atoms with Crippen LogP contribution in [0.25, 0.3) is 10.6 Å². The first-order valence-electron chi connectivity index (χ1n) is 7.57. The Kier molecular flexibility index (Phi) is 4.96. The van der Waals surface area contributed by atoms with Crippen LogP contribution in [0.4, 0.5) is 27.1 Å². The highest BCUT2D eigenvalue weighted by atomic mass is 32.1. The number of carbonyl (C=O) groups is 1. The van der Waals surface area contributed by atoms with E-state index >= 15 is 0 Å². The van der Waals surface area contributed by atoms with Crippen molar-refractivity contribution in [3.63, 3.8) is 0 Å². The van der Waals surface area contributed by atoms with Gasteiger partial charge in [-0.05, 0) is 25.1 Å². The smallest absolute Gasteiger partial charge is 0.298 e. The first kappa shape index (κ1) is 19.0. The molecule has 0 aliphatic carbocycles. The predicted molar refractivity (Wildman–Crippen MR) is 88.3 cm³/mol. The van der Waals surface area contributed by atoms with Gasteiger partial charge < -0.3 is 0 Å². The van der Waals surface area contributed by atoms with E-state index in [1.54, 1.807) is 6.92 Å². The molecular weight excluding hydrogens is 391 g/mol. The topological polar surface area (TPSA) is 59.8 Å². The van der Waals surface area contributed by atoms with Gasteiger partial charge in [0.15, 0.2) is 10.8 Å². The highest BCUT2D eigenvalue weighted by Crippen LogP contribution is 2.35. The average Bonchev–Trinajstić information content (AvgIpc) is 3.20. The number of carbonyl (C=O) groups excluding carboxylic acids is 1. The third-order valence-corrected chi connectivity index (χ3v) is 4.47. The number of nitrogens with one attached hydrogen (secondary N) is 1. The Morgan fingerprint density at radius 3 is 2.52 bits per heavy atom. The van der Waals surface area contributed by atoms with Gasteiger partial charge in [-0.1, -0.05) is 17.4 Å². The van der Waals surface area contributed by atoms with E-state index in [1.807, 2.05) is 0 Å². The Morgan fingerprint density at radius 2 is 1.93 bits per heavy atom. The number of halogens is 5. The molecule has 0 bridgehead atoms. The Hall–Kier alpha value is -2.82. The molecule has 0 saturated heterocycles. The maximum Gasteiger partial charge on any atom is 0.435 e. The minimum atomic E-state index is -4.60. The molecule has 0 saturated carbocycles. The van der Waals surface area contributed by atoms with E-state index in [9.17, 15) is 26.7 Å². The van der Waals surface area contributed by atoms with Crippen molar-refractivity contribution in [2.45, 2.75) is 19.6 Å². The Balaban J connectivity index is 1.88. The Bertz CT molecular complexity index is 975. The summed E-state index contributed by atoms with van der Waals surface area (Å²) in [6.45, 7) is 1.81. The van der Waals surface area contributed by atoms with Gasteiger partial charge >= 0.3 is 6.18 Å². The van der Waals surface area contributed by atoms with Crippen molar-refractivity contribution < 1.29 is 26.7 Å². The summed E-state index contributed by atoms with van der Waals surface area (Å²) < 4.78 is 67.0. The molecule has 1 N–H and O–H groups in total. The summed E-state index contributed by atoms with van der Waals surface area (Å²) in [5, 5.41) is 5.72. The first-order chi connectivity index (χ1) is 12.7. The van der Waals surface area contributed by atoms with Crippen LogP contribution in [0.3, 0.4) is 0 Å². The number of amides is 1. The van der Waals surface area contributed by atoms with E-state index in [-0.39, 0.29) is 17.4 Å². The number of hydrogen-bond donors (Lipinski definition) is 1. The van der Waals surface area contributed by atoms with Crippen LogP contribution < -0.4 is 5.32 Å². The molecule has 2 aromatic heterocycles. The van der Waals surface area contributed by atoms with Crippen molar-refractivity contribution in [1.29, 1.82) is 0 Å². The maximum atomic E-state index is 13.7. The minimum absolute atomic E-state index is 0.0185. The summed E-state index contributed by atoms with van der Waals surface area (Å²) in [5.41, 5.74) is -1.65. The lowest BCUT2D eigenvalue weighted by Gasteiger charge is -2.04. The molecule has 142 valence electrons. The van der Waals surface area contributed by atoms with Crippen molar-refractivity contribution in [2.24, 2.45) is 0 Å². The molecule has 0 radical (unpaired) electrons. The molecular formula is C16H11F5N4OS. The van der Waals surface area contributed by atoms with Crippen molar-refractivity contribution in [3.05, 3.63) is 53.4 Å². The zero-order chi connectivity index (χ0) is 19.8. The number of thiazole rings is 1. The number of anilines is 1. The zero-order valence-corrected chi connectivity index (χ0v) is 14.5. The number of benzene rings is 1. The lowest BCUT2D eigenvalue weighted by Crippen LogP contribution is -2.15. The van der Waals surface area contributed by atoms with E-state index in [0.717, 1.165) is 40.3 Å². The molecule has 1 aromatic carbocycles. The monoisotopic (exact) mass is 402 g/mol. The van der Waals surface area contributed by atoms with Crippen LogP contribution >= 0.6 is 11.3 Å². The van der Waals surface area contributed by atoms with Crippen LogP contribution in [0.1, 0.15) is 23.0 Å². The van der Waals surface area contributed by atoms with Gasteiger partial charge in [-0.25, -0.2) is 13.8 Å². The zero-order valence-electron chi connectivity index (χ0n) is 13.6. The summed E-state index contributed by atoms with van der Waals surface area (Å²) in [6, 6.07) is 3.86. The molecule has 27 heavy (non-hydrogen) atoms. The second-order valence-electron chi connectivity index (χ2n) is 5.31. The van der Waals surface area contributed by atoms with Crippen molar-refractivity contribution in [2.75, 3.05) is 5.32 Å². The molecule has 3 aromatic rings.